The zero-order chi connectivity index (χ0) is 10.7. The average molecular weight is 227 g/mol. The molecule has 0 aromatic carbocycles. The van der Waals surface area contributed by atoms with Gasteiger partial charge in [-0.2, -0.15) is 0 Å². The SMILES string of the molecule is OC(CNCC(O)C1CC1)c1cccs1. The average Bonchev–Trinajstić information content (AvgIpc) is 2.93. The van der Waals surface area contributed by atoms with E-state index in [1.54, 1.807) is 11.3 Å². The third-order valence-corrected chi connectivity index (χ3v) is 3.70. The highest BCUT2D eigenvalue weighted by Gasteiger charge is 2.29. The van der Waals surface area contributed by atoms with Crippen LogP contribution in [-0.4, -0.2) is 29.4 Å². The van der Waals surface area contributed by atoms with Crippen molar-refractivity contribution in [3.63, 3.8) is 0 Å². The normalized spacial score (nSPS) is 20.1. The van der Waals surface area contributed by atoms with Crippen molar-refractivity contribution >= 4 is 11.3 Å². The van der Waals surface area contributed by atoms with Gasteiger partial charge < -0.3 is 15.5 Å². The molecule has 3 nitrogen and oxygen atoms in total. The number of rotatable bonds is 6. The van der Waals surface area contributed by atoms with Crippen LogP contribution >= 0.6 is 11.3 Å². The molecule has 1 aliphatic rings. The van der Waals surface area contributed by atoms with E-state index in [9.17, 15) is 10.2 Å². The van der Waals surface area contributed by atoms with E-state index in [-0.39, 0.29) is 6.10 Å². The number of hydrogen-bond donors (Lipinski definition) is 3. The molecule has 15 heavy (non-hydrogen) atoms. The predicted octanol–water partition coefficient (Wildman–Crippen LogP) is 1.14. The molecular formula is C11H17NO2S. The second-order valence-corrected chi connectivity index (χ2v) is 5.07. The topological polar surface area (TPSA) is 52.5 Å². The van der Waals surface area contributed by atoms with Crippen molar-refractivity contribution in [1.82, 2.24) is 5.32 Å². The number of hydrogen-bond acceptors (Lipinski definition) is 4. The number of nitrogens with one attached hydrogen (secondary N) is 1. The molecule has 0 spiro atoms. The van der Waals surface area contributed by atoms with Gasteiger partial charge in [0.05, 0.1) is 6.10 Å². The Labute approximate surface area is 93.8 Å². The van der Waals surface area contributed by atoms with Gasteiger partial charge in [0.15, 0.2) is 0 Å². The van der Waals surface area contributed by atoms with Gasteiger partial charge in [0.2, 0.25) is 0 Å². The lowest BCUT2D eigenvalue weighted by molar-refractivity contribution is 0.133. The van der Waals surface area contributed by atoms with Crippen LogP contribution < -0.4 is 5.32 Å². The largest absolute Gasteiger partial charge is 0.392 e. The Kier molecular flexibility index (Phi) is 3.75. The first-order chi connectivity index (χ1) is 7.27. The molecule has 3 N–H and O–H groups in total. The molecule has 1 aromatic rings. The first kappa shape index (κ1) is 11.1. The van der Waals surface area contributed by atoms with E-state index in [4.69, 9.17) is 0 Å². The number of aliphatic hydroxyl groups excluding tert-OH is 2. The highest BCUT2D eigenvalue weighted by Crippen LogP contribution is 2.32. The molecule has 0 bridgehead atoms. The molecule has 2 unspecified atom stereocenters. The Bertz CT molecular complexity index is 285. The Morgan fingerprint density at radius 3 is 2.80 bits per heavy atom. The van der Waals surface area contributed by atoms with Crippen molar-refractivity contribution in [2.45, 2.75) is 25.0 Å². The molecule has 0 amide bonds. The van der Waals surface area contributed by atoms with Crippen LogP contribution in [0, 0.1) is 5.92 Å². The van der Waals surface area contributed by atoms with E-state index in [0.717, 1.165) is 17.7 Å². The summed E-state index contributed by atoms with van der Waals surface area (Å²) in [4.78, 5) is 0.975. The fourth-order valence-corrected chi connectivity index (χ4v) is 2.31. The van der Waals surface area contributed by atoms with Crippen molar-refractivity contribution in [3.8, 4) is 0 Å². The molecule has 1 saturated carbocycles. The maximum absolute atomic E-state index is 9.74. The van der Waals surface area contributed by atoms with Crippen LogP contribution in [0.3, 0.4) is 0 Å². The Morgan fingerprint density at radius 1 is 1.40 bits per heavy atom. The molecule has 0 radical (unpaired) electrons. The monoisotopic (exact) mass is 227 g/mol. The Balaban J connectivity index is 1.64. The van der Waals surface area contributed by atoms with Gasteiger partial charge in [0.1, 0.15) is 6.10 Å². The van der Waals surface area contributed by atoms with Crippen molar-refractivity contribution in [3.05, 3.63) is 22.4 Å². The summed E-state index contributed by atoms with van der Waals surface area (Å²) >= 11 is 1.56. The lowest BCUT2D eigenvalue weighted by atomic mass is 10.2. The van der Waals surface area contributed by atoms with Crippen LogP contribution in [-0.2, 0) is 0 Å². The van der Waals surface area contributed by atoms with Gasteiger partial charge in [0, 0.05) is 18.0 Å². The van der Waals surface area contributed by atoms with Crippen molar-refractivity contribution in [2.24, 2.45) is 5.92 Å². The minimum Gasteiger partial charge on any atom is -0.392 e. The van der Waals surface area contributed by atoms with Crippen molar-refractivity contribution < 1.29 is 10.2 Å². The van der Waals surface area contributed by atoms with E-state index in [0.29, 0.717) is 19.0 Å². The van der Waals surface area contributed by atoms with Gasteiger partial charge in [-0.1, -0.05) is 6.07 Å². The van der Waals surface area contributed by atoms with Crippen LogP contribution in [0.2, 0.25) is 0 Å². The molecular weight excluding hydrogens is 210 g/mol. The van der Waals surface area contributed by atoms with Gasteiger partial charge in [0.25, 0.3) is 0 Å². The summed E-state index contributed by atoms with van der Waals surface area (Å²) in [5, 5.41) is 24.4. The summed E-state index contributed by atoms with van der Waals surface area (Å²) in [7, 11) is 0. The van der Waals surface area contributed by atoms with Gasteiger partial charge in [-0.15, -0.1) is 11.3 Å². The van der Waals surface area contributed by atoms with Crippen LogP contribution in [0.4, 0.5) is 0 Å². The maximum atomic E-state index is 9.74. The van der Waals surface area contributed by atoms with Crippen LogP contribution in [0.25, 0.3) is 0 Å². The van der Waals surface area contributed by atoms with Gasteiger partial charge in [-0.25, -0.2) is 0 Å². The second kappa shape index (κ2) is 5.07. The van der Waals surface area contributed by atoms with Crippen LogP contribution in [0.5, 0.6) is 0 Å². The van der Waals surface area contributed by atoms with Crippen molar-refractivity contribution in [1.29, 1.82) is 0 Å². The first-order valence-electron chi connectivity index (χ1n) is 5.37. The standard InChI is InChI=1S/C11H17NO2S/c13-9(8-3-4-8)6-12-7-10(14)11-2-1-5-15-11/h1-2,5,8-10,12-14H,3-4,6-7H2. The highest BCUT2D eigenvalue weighted by atomic mass is 32.1. The summed E-state index contributed by atoms with van der Waals surface area (Å²) in [5.74, 6) is 0.497. The quantitative estimate of drug-likeness (QED) is 0.683. The Morgan fingerprint density at radius 2 is 2.20 bits per heavy atom. The molecule has 2 atom stereocenters. The summed E-state index contributed by atoms with van der Waals surface area (Å²) in [5.41, 5.74) is 0. The molecule has 0 saturated heterocycles. The van der Waals surface area contributed by atoms with Crippen molar-refractivity contribution in [2.75, 3.05) is 13.1 Å². The lowest BCUT2D eigenvalue weighted by Crippen LogP contribution is -2.31. The third kappa shape index (κ3) is 3.28. The molecule has 84 valence electrons. The van der Waals surface area contributed by atoms with E-state index < -0.39 is 6.10 Å². The third-order valence-electron chi connectivity index (χ3n) is 2.73. The fourth-order valence-electron chi connectivity index (χ4n) is 1.60. The van der Waals surface area contributed by atoms with Gasteiger partial charge in [-0.05, 0) is 30.2 Å². The minimum absolute atomic E-state index is 0.236. The number of aliphatic hydroxyl groups is 2. The van der Waals surface area contributed by atoms with Crippen LogP contribution in [0.15, 0.2) is 17.5 Å². The van der Waals surface area contributed by atoms with E-state index in [1.807, 2.05) is 17.5 Å². The molecule has 4 heteroatoms. The summed E-state index contributed by atoms with van der Waals surface area (Å²) in [6, 6.07) is 3.86. The van der Waals surface area contributed by atoms with E-state index in [1.165, 1.54) is 0 Å². The highest BCUT2D eigenvalue weighted by molar-refractivity contribution is 7.10. The second-order valence-electron chi connectivity index (χ2n) is 4.09. The summed E-state index contributed by atoms with van der Waals surface area (Å²) in [6.45, 7) is 1.11. The Hall–Kier alpha value is -0.420. The number of thiophene rings is 1. The zero-order valence-corrected chi connectivity index (χ0v) is 9.41. The van der Waals surface area contributed by atoms with E-state index in [2.05, 4.69) is 5.32 Å². The molecule has 1 heterocycles. The molecule has 1 aromatic heterocycles. The van der Waals surface area contributed by atoms with Gasteiger partial charge >= 0.3 is 0 Å². The zero-order valence-electron chi connectivity index (χ0n) is 8.60. The first-order valence-corrected chi connectivity index (χ1v) is 6.25. The predicted molar refractivity (Wildman–Crippen MR) is 60.9 cm³/mol. The van der Waals surface area contributed by atoms with Crippen LogP contribution in [0.1, 0.15) is 23.8 Å². The summed E-state index contributed by atoms with van der Waals surface area (Å²) < 4.78 is 0. The molecule has 1 fully saturated rings. The smallest absolute Gasteiger partial charge is 0.101 e. The molecule has 2 rings (SSSR count). The van der Waals surface area contributed by atoms with E-state index >= 15 is 0 Å². The lowest BCUT2D eigenvalue weighted by Gasteiger charge is -2.13. The molecule has 0 aliphatic heterocycles. The maximum Gasteiger partial charge on any atom is 0.101 e. The fraction of sp³-hybridized carbons (Fsp3) is 0.636. The van der Waals surface area contributed by atoms with Gasteiger partial charge in [-0.3, -0.25) is 0 Å². The molecule has 1 aliphatic carbocycles. The minimum atomic E-state index is -0.448. The summed E-state index contributed by atoms with van der Waals surface area (Å²) in [6.07, 6.45) is 1.61.